The number of nitrogens with one attached hydrogen (secondary N) is 1. The van der Waals surface area contributed by atoms with Gasteiger partial charge in [-0.3, -0.25) is 9.79 Å². The predicted octanol–water partition coefficient (Wildman–Crippen LogP) is 2.16. The first kappa shape index (κ1) is 16.5. The van der Waals surface area contributed by atoms with E-state index in [9.17, 15) is 4.79 Å². The molecule has 118 valence electrons. The van der Waals surface area contributed by atoms with Gasteiger partial charge in [0.15, 0.2) is 5.17 Å². The Morgan fingerprint density at radius 2 is 2.18 bits per heavy atom. The van der Waals surface area contributed by atoms with Crippen molar-refractivity contribution in [3.63, 3.8) is 0 Å². The van der Waals surface area contributed by atoms with Gasteiger partial charge in [0, 0.05) is 18.9 Å². The highest BCUT2D eigenvalue weighted by Crippen LogP contribution is 2.17. The average molecular weight is 318 g/mol. The minimum Gasteiger partial charge on any atom is -0.379 e. The number of benzene rings is 1. The van der Waals surface area contributed by atoms with Crippen LogP contribution in [-0.4, -0.2) is 29.6 Å². The Hall–Kier alpha value is -1.82. The Labute approximate surface area is 135 Å². The first-order valence-corrected chi connectivity index (χ1v) is 8.62. The Morgan fingerprint density at radius 1 is 1.45 bits per heavy atom. The van der Waals surface area contributed by atoms with Crippen LogP contribution in [0.25, 0.3) is 0 Å². The number of hydrogen-bond donors (Lipinski definition) is 2. The number of aryl methyl sites for hydroxylation is 1. The smallest absolute Gasteiger partial charge is 0.240 e. The molecular weight excluding hydrogens is 296 g/mol. The molecule has 0 aromatic heterocycles. The SMILES string of the molecule is CSC(N)=NCCCc1ccc(C2=NNC(=O)CC2C)cc1. The molecule has 1 amide bonds. The summed E-state index contributed by atoms with van der Waals surface area (Å²) in [6.45, 7) is 2.78. The highest BCUT2D eigenvalue weighted by Gasteiger charge is 2.21. The van der Waals surface area contributed by atoms with Gasteiger partial charge in [-0.2, -0.15) is 5.10 Å². The van der Waals surface area contributed by atoms with Crippen LogP contribution in [0.3, 0.4) is 0 Å². The number of thioether (sulfide) groups is 1. The summed E-state index contributed by atoms with van der Waals surface area (Å²) in [6, 6.07) is 8.37. The Kier molecular flexibility index (Phi) is 6.00. The summed E-state index contributed by atoms with van der Waals surface area (Å²) in [7, 11) is 0. The van der Waals surface area contributed by atoms with Crippen LogP contribution in [0.2, 0.25) is 0 Å². The van der Waals surface area contributed by atoms with Crippen LogP contribution < -0.4 is 11.2 Å². The van der Waals surface area contributed by atoms with Crippen LogP contribution in [0.15, 0.2) is 34.4 Å². The highest BCUT2D eigenvalue weighted by atomic mass is 32.2. The molecule has 1 heterocycles. The average Bonchev–Trinajstić information content (AvgIpc) is 2.52. The van der Waals surface area contributed by atoms with Crippen molar-refractivity contribution in [3.05, 3.63) is 35.4 Å². The molecule has 0 radical (unpaired) electrons. The molecule has 0 saturated heterocycles. The van der Waals surface area contributed by atoms with Crippen LogP contribution in [0.5, 0.6) is 0 Å². The van der Waals surface area contributed by atoms with Gasteiger partial charge >= 0.3 is 0 Å². The van der Waals surface area contributed by atoms with Gasteiger partial charge in [-0.1, -0.05) is 43.0 Å². The van der Waals surface area contributed by atoms with Crippen LogP contribution in [0.1, 0.15) is 30.9 Å². The third-order valence-electron chi connectivity index (χ3n) is 3.61. The first-order valence-electron chi connectivity index (χ1n) is 7.39. The maximum atomic E-state index is 11.3. The quantitative estimate of drug-likeness (QED) is 0.496. The van der Waals surface area contributed by atoms with Crippen molar-refractivity contribution >= 4 is 28.5 Å². The van der Waals surface area contributed by atoms with Crippen molar-refractivity contribution in [1.29, 1.82) is 0 Å². The molecule has 1 unspecified atom stereocenters. The van der Waals surface area contributed by atoms with E-state index in [2.05, 4.69) is 39.8 Å². The summed E-state index contributed by atoms with van der Waals surface area (Å²) in [6.07, 6.45) is 4.38. The number of amides is 1. The number of carbonyl (C=O) groups is 1. The molecule has 6 heteroatoms. The van der Waals surface area contributed by atoms with Crippen molar-refractivity contribution in [1.82, 2.24) is 5.43 Å². The van der Waals surface area contributed by atoms with E-state index in [0.717, 1.165) is 30.7 Å². The van der Waals surface area contributed by atoms with Gasteiger partial charge in [0.2, 0.25) is 5.91 Å². The second-order valence-corrected chi connectivity index (χ2v) is 6.19. The lowest BCUT2D eigenvalue weighted by Gasteiger charge is -2.19. The zero-order valence-electron chi connectivity index (χ0n) is 13.0. The summed E-state index contributed by atoms with van der Waals surface area (Å²) in [4.78, 5) is 15.5. The number of amidine groups is 1. The lowest BCUT2D eigenvalue weighted by Crippen LogP contribution is -2.31. The van der Waals surface area contributed by atoms with Crippen molar-refractivity contribution in [2.75, 3.05) is 12.8 Å². The van der Waals surface area contributed by atoms with Crippen molar-refractivity contribution in [2.24, 2.45) is 21.7 Å². The van der Waals surface area contributed by atoms with Gasteiger partial charge in [-0.15, -0.1) is 0 Å². The fraction of sp³-hybridized carbons (Fsp3) is 0.438. The second kappa shape index (κ2) is 7.98. The van der Waals surface area contributed by atoms with Crippen molar-refractivity contribution < 1.29 is 4.79 Å². The Balaban J connectivity index is 1.92. The number of carbonyl (C=O) groups excluding carboxylic acids is 1. The number of hydrogen-bond acceptors (Lipinski definition) is 4. The number of hydrazone groups is 1. The van der Waals surface area contributed by atoms with E-state index in [1.807, 2.05) is 13.2 Å². The summed E-state index contributed by atoms with van der Waals surface area (Å²) in [5.41, 5.74) is 11.5. The Bertz CT molecular complexity index is 580. The molecule has 5 nitrogen and oxygen atoms in total. The maximum Gasteiger partial charge on any atom is 0.240 e. The van der Waals surface area contributed by atoms with Gasteiger partial charge < -0.3 is 5.73 Å². The minimum absolute atomic E-state index is 0.0158. The molecule has 1 atom stereocenters. The third-order valence-corrected chi connectivity index (χ3v) is 4.16. The zero-order valence-corrected chi connectivity index (χ0v) is 13.8. The fourth-order valence-electron chi connectivity index (χ4n) is 2.38. The molecule has 2 rings (SSSR count). The second-order valence-electron chi connectivity index (χ2n) is 5.36. The van der Waals surface area contributed by atoms with Gasteiger partial charge in [-0.25, -0.2) is 5.43 Å². The summed E-state index contributed by atoms with van der Waals surface area (Å²) in [5.74, 6) is 0.140. The van der Waals surface area contributed by atoms with Gasteiger partial charge in [-0.05, 0) is 30.2 Å². The zero-order chi connectivity index (χ0) is 15.9. The predicted molar refractivity (Wildman–Crippen MR) is 93.2 cm³/mol. The lowest BCUT2D eigenvalue weighted by molar-refractivity contribution is -0.121. The molecule has 1 aliphatic rings. The highest BCUT2D eigenvalue weighted by molar-refractivity contribution is 8.13. The number of aliphatic imine (C=N–C) groups is 1. The van der Waals surface area contributed by atoms with Crippen LogP contribution in [-0.2, 0) is 11.2 Å². The van der Waals surface area contributed by atoms with Crippen LogP contribution in [0.4, 0.5) is 0 Å². The van der Waals surface area contributed by atoms with E-state index in [1.54, 1.807) is 0 Å². The van der Waals surface area contributed by atoms with Gasteiger partial charge in [0.1, 0.15) is 0 Å². The number of nitrogens with two attached hydrogens (primary N) is 1. The topological polar surface area (TPSA) is 79.8 Å². The van der Waals surface area contributed by atoms with Crippen LogP contribution in [0, 0.1) is 5.92 Å². The number of rotatable bonds is 5. The Morgan fingerprint density at radius 3 is 2.82 bits per heavy atom. The van der Waals surface area contributed by atoms with E-state index in [0.29, 0.717) is 11.6 Å². The van der Waals surface area contributed by atoms with Gasteiger partial charge in [0.05, 0.1) is 5.71 Å². The van der Waals surface area contributed by atoms with Gasteiger partial charge in [0.25, 0.3) is 0 Å². The normalized spacial score (nSPS) is 18.8. The number of nitrogens with zero attached hydrogens (tertiary/aromatic N) is 2. The third kappa shape index (κ3) is 4.59. The largest absolute Gasteiger partial charge is 0.379 e. The molecule has 0 fully saturated rings. The first-order chi connectivity index (χ1) is 10.6. The minimum atomic E-state index is -0.0158. The molecule has 1 aliphatic heterocycles. The van der Waals surface area contributed by atoms with E-state index in [-0.39, 0.29) is 11.8 Å². The molecule has 1 aromatic carbocycles. The summed E-state index contributed by atoms with van der Waals surface area (Å²) < 4.78 is 0. The molecule has 0 spiro atoms. The molecular formula is C16H22N4OS. The van der Waals surface area contributed by atoms with Crippen molar-refractivity contribution in [2.45, 2.75) is 26.2 Å². The molecule has 0 aliphatic carbocycles. The maximum absolute atomic E-state index is 11.3. The monoisotopic (exact) mass is 318 g/mol. The van der Waals surface area contributed by atoms with Crippen molar-refractivity contribution in [3.8, 4) is 0 Å². The standard InChI is InChI=1S/C16H22N4OS/c1-11-10-14(21)19-20-15(11)13-7-5-12(6-8-13)4-3-9-18-16(17)22-2/h5-8,11H,3-4,9-10H2,1-2H3,(H2,17,18)(H,19,21). The summed E-state index contributed by atoms with van der Waals surface area (Å²) >= 11 is 1.47. The fourth-order valence-corrected chi connectivity index (χ4v) is 2.60. The summed E-state index contributed by atoms with van der Waals surface area (Å²) in [5, 5.41) is 4.82. The van der Waals surface area contributed by atoms with E-state index < -0.39 is 0 Å². The molecule has 0 bridgehead atoms. The molecule has 22 heavy (non-hydrogen) atoms. The van der Waals surface area contributed by atoms with E-state index >= 15 is 0 Å². The van der Waals surface area contributed by atoms with E-state index in [4.69, 9.17) is 5.73 Å². The molecule has 1 aromatic rings. The molecule has 3 N–H and O–H groups in total. The lowest BCUT2D eigenvalue weighted by atomic mass is 9.93. The molecule has 0 saturated carbocycles. The van der Waals surface area contributed by atoms with Crippen LogP contribution >= 0.6 is 11.8 Å². The van der Waals surface area contributed by atoms with E-state index in [1.165, 1.54) is 17.3 Å².